The Labute approximate surface area is 150 Å². The molecule has 0 saturated heterocycles. The largest absolute Gasteiger partial charge is 0.480 e. The fraction of sp³-hybridized carbons (Fsp3) is 0.412. The van der Waals surface area contributed by atoms with Gasteiger partial charge in [0.25, 0.3) is 5.91 Å². The predicted octanol–water partition coefficient (Wildman–Crippen LogP) is 1.40. The summed E-state index contributed by atoms with van der Waals surface area (Å²) in [6, 6.07) is 1.05. The van der Waals surface area contributed by atoms with E-state index in [1.54, 1.807) is 10.8 Å². The van der Waals surface area contributed by atoms with E-state index in [0.717, 1.165) is 0 Å². The van der Waals surface area contributed by atoms with Crippen LogP contribution in [0, 0.1) is 0 Å². The van der Waals surface area contributed by atoms with Crippen LogP contribution in [0.5, 0.6) is 5.88 Å². The van der Waals surface area contributed by atoms with Crippen molar-refractivity contribution in [2.45, 2.75) is 32.5 Å². The second-order valence-electron chi connectivity index (χ2n) is 5.82. The quantitative estimate of drug-likeness (QED) is 0.800. The van der Waals surface area contributed by atoms with Crippen molar-refractivity contribution in [2.75, 3.05) is 13.7 Å². The summed E-state index contributed by atoms with van der Waals surface area (Å²) in [4.78, 5) is 32.6. The SMILES string of the molecule is CC[C@@H](NC(=O)c1cc(C(=O)O)c2n1CCOC2)c1cnc(OC)cn1. The van der Waals surface area contributed by atoms with Gasteiger partial charge in [-0.05, 0) is 12.5 Å². The fourth-order valence-corrected chi connectivity index (χ4v) is 2.93. The monoisotopic (exact) mass is 360 g/mol. The first kappa shape index (κ1) is 17.9. The summed E-state index contributed by atoms with van der Waals surface area (Å²) in [6.07, 6.45) is 3.65. The molecule has 2 aromatic heterocycles. The number of carbonyl (C=O) groups is 2. The highest BCUT2D eigenvalue weighted by Gasteiger charge is 2.27. The molecule has 138 valence electrons. The van der Waals surface area contributed by atoms with Crippen LogP contribution in [0.3, 0.4) is 0 Å². The highest BCUT2D eigenvalue weighted by molar-refractivity contribution is 5.98. The summed E-state index contributed by atoms with van der Waals surface area (Å²) >= 11 is 0. The van der Waals surface area contributed by atoms with Gasteiger partial charge in [-0.1, -0.05) is 6.92 Å². The first-order valence-corrected chi connectivity index (χ1v) is 8.25. The van der Waals surface area contributed by atoms with Crippen molar-refractivity contribution < 1.29 is 24.2 Å². The summed E-state index contributed by atoms with van der Waals surface area (Å²) in [6.45, 7) is 2.96. The van der Waals surface area contributed by atoms with E-state index in [2.05, 4.69) is 15.3 Å². The maximum absolute atomic E-state index is 12.8. The van der Waals surface area contributed by atoms with Crippen molar-refractivity contribution in [3.05, 3.63) is 41.1 Å². The number of ether oxygens (including phenoxy) is 2. The Hall–Kier alpha value is -2.94. The van der Waals surface area contributed by atoms with E-state index in [4.69, 9.17) is 9.47 Å². The molecular formula is C17H20N4O5. The van der Waals surface area contributed by atoms with Gasteiger partial charge < -0.3 is 24.5 Å². The Morgan fingerprint density at radius 2 is 2.23 bits per heavy atom. The summed E-state index contributed by atoms with van der Waals surface area (Å²) in [5, 5.41) is 12.3. The number of aromatic nitrogens is 3. The maximum atomic E-state index is 12.8. The molecule has 1 aliphatic rings. The van der Waals surface area contributed by atoms with Gasteiger partial charge in [-0.3, -0.25) is 9.78 Å². The number of carboxylic acid groups (broad SMARTS) is 1. The number of aromatic carboxylic acids is 1. The van der Waals surface area contributed by atoms with E-state index in [-0.39, 0.29) is 24.1 Å². The van der Waals surface area contributed by atoms with Gasteiger partial charge in [0, 0.05) is 6.54 Å². The number of methoxy groups -OCH3 is 1. The van der Waals surface area contributed by atoms with Crippen LogP contribution in [0.1, 0.15) is 51.6 Å². The molecule has 0 aliphatic carbocycles. The zero-order valence-electron chi connectivity index (χ0n) is 14.6. The number of hydrogen-bond donors (Lipinski definition) is 2. The molecule has 0 radical (unpaired) electrons. The van der Waals surface area contributed by atoms with Gasteiger partial charge >= 0.3 is 5.97 Å². The van der Waals surface area contributed by atoms with Crippen LogP contribution in [-0.2, 0) is 17.9 Å². The normalized spacial score (nSPS) is 14.4. The lowest BCUT2D eigenvalue weighted by molar-refractivity contribution is 0.0656. The van der Waals surface area contributed by atoms with E-state index in [0.29, 0.717) is 42.5 Å². The molecule has 26 heavy (non-hydrogen) atoms. The lowest BCUT2D eigenvalue weighted by Crippen LogP contribution is -2.32. The highest BCUT2D eigenvalue weighted by Crippen LogP contribution is 2.22. The third kappa shape index (κ3) is 3.38. The zero-order chi connectivity index (χ0) is 18.7. The number of nitrogens with one attached hydrogen (secondary N) is 1. The second kappa shape index (κ2) is 7.52. The smallest absolute Gasteiger partial charge is 0.337 e. The molecule has 2 aromatic rings. The molecule has 9 nitrogen and oxygen atoms in total. The lowest BCUT2D eigenvalue weighted by atomic mass is 10.1. The van der Waals surface area contributed by atoms with Crippen LogP contribution < -0.4 is 10.1 Å². The highest BCUT2D eigenvalue weighted by atomic mass is 16.5. The van der Waals surface area contributed by atoms with Gasteiger partial charge in [0.05, 0.1) is 55.7 Å². The molecule has 3 heterocycles. The van der Waals surface area contributed by atoms with Gasteiger partial charge in [0.15, 0.2) is 0 Å². The standard InChI is InChI=1S/C17H20N4O5/c1-3-11(12-7-19-15(25-2)8-18-12)20-16(22)13-6-10(17(23)24)14-9-26-5-4-21(13)14/h6-8,11H,3-5,9H2,1-2H3,(H,20,22)(H,23,24)/t11-/m1/s1. The summed E-state index contributed by atoms with van der Waals surface area (Å²) in [5.74, 6) is -1.04. The molecule has 1 atom stereocenters. The minimum atomic E-state index is -1.08. The van der Waals surface area contributed by atoms with Crippen molar-refractivity contribution in [1.29, 1.82) is 0 Å². The Morgan fingerprint density at radius 1 is 1.42 bits per heavy atom. The average Bonchev–Trinajstić information content (AvgIpc) is 3.06. The molecule has 0 spiro atoms. The number of nitrogens with zero attached hydrogens (tertiary/aromatic N) is 3. The predicted molar refractivity (Wildman–Crippen MR) is 90.1 cm³/mol. The third-order valence-corrected chi connectivity index (χ3v) is 4.30. The fourth-order valence-electron chi connectivity index (χ4n) is 2.93. The second-order valence-corrected chi connectivity index (χ2v) is 5.82. The van der Waals surface area contributed by atoms with Crippen molar-refractivity contribution >= 4 is 11.9 Å². The van der Waals surface area contributed by atoms with Crippen LogP contribution in [0.4, 0.5) is 0 Å². The number of rotatable bonds is 6. The van der Waals surface area contributed by atoms with Crippen LogP contribution in [0.2, 0.25) is 0 Å². The van der Waals surface area contributed by atoms with Crippen LogP contribution in [0.25, 0.3) is 0 Å². The zero-order valence-corrected chi connectivity index (χ0v) is 14.6. The first-order chi connectivity index (χ1) is 12.5. The number of fused-ring (bicyclic) bond motifs is 1. The summed E-state index contributed by atoms with van der Waals surface area (Å²) < 4.78 is 12.0. The van der Waals surface area contributed by atoms with Crippen molar-refractivity contribution in [3.63, 3.8) is 0 Å². The number of carboxylic acids is 1. The molecule has 0 aromatic carbocycles. The molecule has 2 N–H and O–H groups in total. The Balaban J connectivity index is 1.85. The van der Waals surface area contributed by atoms with E-state index < -0.39 is 5.97 Å². The maximum Gasteiger partial charge on any atom is 0.337 e. The Bertz CT molecular complexity index is 815. The molecule has 1 amide bonds. The molecule has 1 aliphatic heterocycles. The minimum Gasteiger partial charge on any atom is -0.480 e. The van der Waals surface area contributed by atoms with Crippen LogP contribution >= 0.6 is 0 Å². The summed E-state index contributed by atoms with van der Waals surface area (Å²) in [5.41, 5.74) is 1.51. The van der Waals surface area contributed by atoms with Crippen LogP contribution in [-0.4, -0.2) is 45.2 Å². The molecule has 0 saturated carbocycles. The number of amides is 1. The van der Waals surface area contributed by atoms with E-state index >= 15 is 0 Å². The average molecular weight is 360 g/mol. The lowest BCUT2D eigenvalue weighted by Gasteiger charge is -2.20. The van der Waals surface area contributed by atoms with Gasteiger partial charge in [-0.25, -0.2) is 9.78 Å². The molecule has 0 fully saturated rings. The van der Waals surface area contributed by atoms with E-state index in [1.165, 1.54) is 19.4 Å². The molecule has 9 heteroatoms. The van der Waals surface area contributed by atoms with Gasteiger partial charge in [0.2, 0.25) is 5.88 Å². The van der Waals surface area contributed by atoms with Crippen molar-refractivity contribution in [3.8, 4) is 5.88 Å². The number of hydrogen-bond acceptors (Lipinski definition) is 6. The topological polar surface area (TPSA) is 116 Å². The van der Waals surface area contributed by atoms with Gasteiger partial charge in [-0.2, -0.15) is 0 Å². The van der Waals surface area contributed by atoms with Crippen molar-refractivity contribution in [2.24, 2.45) is 0 Å². The van der Waals surface area contributed by atoms with Gasteiger partial charge in [0.1, 0.15) is 5.69 Å². The van der Waals surface area contributed by atoms with E-state index in [1.807, 2.05) is 6.92 Å². The first-order valence-electron chi connectivity index (χ1n) is 8.25. The third-order valence-electron chi connectivity index (χ3n) is 4.30. The molecule has 0 unspecified atom stereocenters. The Kier molecular flexibility index (Phi) is 5.17. The molecular weight excluding hydrogens is 340 g/mol. The molecule has 0 bridgehead atoms. The number of carbonyl (C=O) groups excluding carboxylic acids is 1. The van der Waals surface area contributed by atoms with E-state index in [9.17, 15) is 14.7 Å². The van der Waals surface area contributed by atoms with Gasteiger partial charge in [-0.15, -0.1) is 0 Å². The van der Waals surface area contributed by atoms with Crippen LogP contribution in [0.15, 0.2) is 18.5 Å². The van der Waals surface area contributed by atoms with Crippen molar-refractivity contribution in [1.82, 2.24) is 19.9 Å². The minimum absolute atomic E-state index is 0.0899. The summed E-state index contributed by atoms with van der Waals surface area (Å²) in [7, 11) is 1.50. The Morgan fingerprint density at radius 3 is 2.85 bits per heavy atom. The molecule has 3 rings (SSSR count).